The summed E-state index contributed by atoms with van der Waals surface area (Å²) in [7, 11) is -8.64. The fourth-order valence-electron chi connectivity index (χ4n) is 4.26. The third-order valence-electron chi connectivity index (χ3n) is 6.89. The number of hydrogen-bond acceptors (Lipinski definition) is 11. The van der Waals surface area contributed by atoms with E-state index in [0.29, 0.717) is 0 Å². The lowest BCUT2D eigenvalue weighted by atomic mass is 9.83. The number of rotatable bonds is 18. The van der Waals surface area contributed by atoms with Crippen LogP contribution in [0.5, 0.6) is 11.5 Å². The van der Waals surface area contributed by atoms with Gasteiger partial charge in [0.1, 0.15) is 29.8 Å². The minimum Gasteiger partial charge on any atom is -0.462 e. The van der Waals surface area contributed by atoms with Crippen LogP contribution < -0.4 is 19.2 Å². The molecule has 0 amide bonds. The number of carbonyl (C=O) groups excluding carboxylic acids is 2. The van der Waals surface area contributed by atoms with Crippen LogP contribution in [0.25, 0.3) is 0 Å². The summed E-state index contributed by atoms with van der Waals surface area (Å²) in [6, 6.07) is 14.0. The van der Waals surface area contributed by atoms with E-state index in [0.717, 1.165) is 0 Å². The number of para-hydroxylation sites is 2. The Labute approximate surface area is 275 Å². The van der Waals surface area contributed by atoms with Gasteiger partial charge in [0.2, 0.25) is 0 Å². The summed E-state index contributed by atoms with van der Waals surface area (Å²) in [5.41, 5.74) is -1.50. The summed E-state index contributed by atoms with van der Waals surface area (Å²) in [6.45, 7) is 9.67. The Morgan fingerprint density at radius 3 is 1.66 bits per heavy atom. The van der Waals surface area contributed by atoms with Gasteiger partial charge in [-0.2, -0.15) is 10.2 Å². The molecule has 2 aromatic rings. The second-order valence-electron chi connectivity index (χ2n) is 11.8. The first-order chi connectivity index (χ1) is 22.0. The molecular weight excluding hydrogens is 657 g/mol. The average molecular weight is 703 g/mol. The third kappa shape index (κ3) is 11.7. The molecule has 7 atom stereocenters. The summed E-state index contributed by atoms with van der Waals surface area (Å²) in [6.07, 6.45) is -3.56. The topological polar surface area (TPSA) is 157 Å². The molecule has 1 aliphatic heterocycles. The van der Waals surface area contributed by atoms with Gasteiger partial charge in [-0.1, -0.05) is 43.3 Å². The molecule has 47 heavy (non-hydrogen) atoms. The molecule has 1 heterocycles. The monoisotopic (exact) mass is 702 g/mol. The van der Waals surface area contributed by atoms with Crippen LogP contribution >= 0.6 is 15.5 Å². The normalized spacial score (nSPS) is 23.4. The van der Waals surface area contributed by atoms with Gasteiger partial charge in [-0.25, -0.2) is 13.5 Å². The Balaban J connectivity index is 1.80. The van der Waals surface area contributed by atoms with Crippen molar-refractivity contribution >= 4 is 27.4 Å². The Hall–Kier alpha value is -2.83. The lowest BCUT2D eigenvalue weighted by molar-refractivity contribution is -0.150. The van der Waals surface area contributed by atoms with E-state index in [1.807, 2.05) is 0 Å². The highest BCUT2D eigenvalue weighted by atomic mass is 31.2. The molecule has 0 radical (unpaired) electrons. The quantitative estimate of drug-likeness (QED) is 0.138. The minimum absolute atomic E-state index is 0.174. The molecule has 3 rings (SSSR count). The van der Waals surface area contributed by atoms with E-state index >= 15 is 4.39 Å². The Morgan fingerprint density at radius 1 is 0.809 bits per heavy atom. The lowest BCUT2D eigenvalue weighted by Crippen LogP contribution is -2.43. The van der Waals surface area contributed by atoms with E-state index in [9.17, 15) is 18.7 Å². The van der Waals surface area contributed by atoms with Crippen molar-refractivity contribution in [3.8, 4) is 11.5 Å². The maximum Gasteiger partial charge on any atom is 0.459 e. The molecule has 262 valence electrons. The number of esters is 2. The van der Waals surface area contributed by atoms with Gasteiger partial charge >= 0.3 is 27.4 Å². The fraction of sp³-hybridized carbons (Fsp3) is 0.548. The first-order valence-electron chi connectivity index (χ1n) is 15.2. The van der Waals surface area contributed by atoms with Gasteiger partial charge in [-0.05, 0) is 65.8 Å². The summed E-state index contributed by atoms with van der Waals surface area (Å²) >= 11 is 0. The predicted octanol–water partition coefficient (Wildman–Crippen LogP) is 6.00. The summed E-state index contributed by atoms with van der Waals surface area (Å²) < 4.78 is 82.4. The van der Waals surface area contributed by atoms with Crippen LogP contribution in [0.2, 0.25) is 0 Å². The van der Waals surface area contributed by atoms with Crippen LogP contribution in [-0.2, 0) is 42.0 Å². The van der Waals surface area contributed by atoms with Gasteiger partial charge in [-0.15, -0.1) is 0 Å². The van der Waals surface area contributed by atoms with Crippen molar-refractivity contribution in [2.24, 2.45) is 5.41 Å². The van der Waals surface area contributed by atoms with Crippen LogP contribution in [-0.4, -0.2) is 68.3 Å². The third-order valence-corrected chi connectivity index (χ3v) is 10.2. The molecule has 0 saturated carbocycles. The van der Waals surface area contributed by atoms with E-state index in [2.05, 4.69) is 10.2 Å². The van der Waals surface area contributed by atoms with Crippen LogP contribution in [0.4, 0.5) is 4.39 Å². The van der Waals surface area contributed by atoms with Gasteiger partial charge in [-0.3, -0.25) is 18.6 Å². The Bertz CT molecular complexity index is 1400. The molecular formula is C31H45FN2O11P2. The van der Waals surface area contributed by atoms with Gasteiger partial charge < -0.3 is 23.3 Å². The Morgan fingerprint density at radius 2 is 1.23 bits per heavy atom. The number of alkyl halides is 1. The lowest BCUT2D eigenvalue weighted by Gasteiger charge is -2.33. The van der Waals surface area contributed by atoms with Crippen molar-refractivity contribution in [3.05, 3.63) is 60.7 Å². The fourth-order valence-corrected chi connectivity index (χ4v) is 7.36. The molecule has 13 nitrogen and oxygen atoms in total. The number of nitrogens with one attached hydrogen (secondary N) is 2. The minimum atomic E-state index is -4.34. The van der Waals surface area contributed by atoms with E-state index < -0.39 is 82.6 Å². The number of ether oxygens (including phenoxy) is 3. The molecule has 0 aliphatic carbocycles. The zero-order valence-corrected chi connectivity index (χ0v) is 29.4. The summed E-state index contributed by atoms with van der Waals surface area (Å²) in [4.78, 5) is 25.0. The van der Waals surface area contributed by atoms with E-state index in [1.54, 1.807) is 88.4 Å². The van der Waals surface area contributed by atoms with Crippen molar-refractivity contribution in [2.75, 3.05) is 19.8 Å². The van der Waals surface area contributed by atoms with Crippen LogP contribution in [0.3, 0.4) is 0 Å². The molecule has 2 N–H and O–H groups in total. The van der Waals surface area contributed by atoms with Gasteiger partial charge in [0.05, 0.1) is 43.5 Å². The predicted molar refractivity (Wildman–Crippen MR) is 172 cm³/mol. The van der Waals surface area contributed by atoms with E-state index in [-0.39, 0.29) is 18.1 Å². The molecule has 1 aliphatic rings. The molecule has 0 bridgehead atoms. The van der Waals surface area contributed by atoms with Crippen molar-refractivity contribution in [1.82, 2.24) is 10.2 Å². The van der Waals surface area contributed by atoms with Crippen LogP contribution in [0.15, 0.2) is 60.7 Å². The molecule has 1 saturated heterocycles. The van der Waals surface area contributed by atoms with Crippen molar-refractivity contribution in [3.63, 3.8) is 0 Å². The van der Waals surface area contributed by atoms with E-state index in [4.69, 9.17) is 32.3 Å². The largest absolute Gasteiger partial charge is 0.462 e. The molecule has 1 fully saturated rings. The second kappa shape index (κ2) is 17.0. The van der Waals surface area contributed by atoms with Crippen LogP contribution in [0, 0.1) is 5.41 Å². The number of carbonyl (C=O) groups is 2. The maximum atomic E-state index is 15.5. The van der Waals surface area contributed by atoms with E-state index in [1.165, 1.54) is 20.8 Å². The zero-order valence-electron chi connectivity index (χ0n) is 27.6. The first kappa shape index (κ1) is 38.6. The average Bonchev–Trinajstić information content (AvgIpc) is 3.28. The summed E-state index contributed by atoms with van der Waals surface area (Å²) in [5, 5.41) is 5.15. The van der Waals surface area contributed by atoms with Gasteiger partial charge in [0.25, 0.3) is 0 Å². The maximum absolute atomic E-state index is 15.5. The SMILES string of the molecule is CC(C)OC(=O)[C@H](C)NP(=O)(OC[C@H]1OCC(F)C1(C)COP(=O)(N[C@@H](C)C(=O)OC(C)C)Oc1ccccc1)Oc1ccccc1. The molecule has 16 heteroatoms. The highest BCUT2D eigenvalue weighted by Gasteiger charge is 2.52. The highest BCUT2D eigenvalue weighted by Crippen LogP contribution is 2.50. The van der Waals surface area contributed by atoms with Crippen molar-refractivity contribution in [2.45, 2.75) is 85.0 Å². The number of benzene rings is 2. The molecule has 2 aromatic carbocycles. The second-order valence-corrected chi connectivity index (χ2v) is 15.2. The van der Waals surface area contributed by atoms with Gasteiger partial charge in [0.15, 0.2) is 0 Å². The van der Waals surface area contributed by atoms with Crippen molar-refractivity contribution in [1.29, 1.82) is 0 Å². The van der Waals surface area contributed by atoms with Gasteiger partial charge in [0, 0.05) is 0 Å². The van der Waals surface area contributed by atoms with Crippen molar-refractivity contribution < 1.29 is 55.4 Å². The number of halogens is 1. The van der Waals surface area contributed by atoms with Crippen LogP contribution in [0.1, 0.15) is 48.5 Å². The first-order valence-corrected chi connectivity index (χ1v) is 18.3. The molecule has 0 spiro atoms. The highest BCUT2D eigenvalue weighted by molar-refractivity contribution is 7.52. The smallest absolute Gasteiger partial charge is 0.459 e. The molecule has 4 unspecified atom stereocenters. The molecule has 0 aromatic heterocycles. The zero-order chi connectivity index (χ0) is 34.8. The standard InChI is InChI=1S/C31H45FN2O11P2/c1-21(2)42-29(35)23(5)33-46(37,44-25-14-10-8-11-15-25)40-19-28-31(7,27(32)18-39-28)20-41-47(38,45-26-16-12-9-13-17-26)34-24(6)30(36)43-22(3)4/h8-17,21-24,27-28H,18-20H2,1-7H3,(H,33,37)(H,34,38)/t23-,24-,27?,28+,31?,46?,47?/m0/s1. The Kier molecular flexibility index (Phi) is 14.0. The number of hydrogen-bond donors (Lipinski definition) is 2. The summed E-state index contributed by atoms with van der Waals surface area (Å²) in [5.74, 6) is -1.02.